The van der Waals surface area contributed by atoms with Gasteiger partial charge in [0.25, 0.3) is 11.8 Å². The first-order valence-corrected chi connectivity index (χ1v) is 7.12. The summed E-state index contributed by atoms with van der Waals surface area (Å²) in [5.41, 5.74) is 1.57. The molecular formula is C18H18N2O2. The molecule has 2 amide bonds. The minimum absolute atomic E-state index is 0.224. The fourth-order valence-corrected chi connectivity index (χ4v) is 1.91. The van der Waals surface area contributed by atoms with E-state index >= 15 is 0 Å². The van der Waals surface area contributed by atoms with Crippen LogP contribution in [0.3, 0.4) is 0 Å². The zero-order chi connectivity index (χ0) is 15.8. The number of hydrogen-bond acceptors (Lipinski definition) is 2. The van der Waals surface area contributed by atoms with Gasteiger partial charge in [0.05, 0.1) is 0 Å². The van der Waals surface area contributed by atoms with Crippen molar-refractivity contribution in [2.75, 3.05) is 6.54 Å². The second kappa shape index (κ2) is 7.78. The zero-order valence-electron chi connectivity index (χ0n) is 12.4. The van der Waals surface area contributed by atoms with Crippen molar-refractivity contribution in [3.05, 3.63) is 77.5 Å². The Labute approximate surface area is 129 Å². The van der Waals surface area contributed by atoms with Crippen LogP contribution in [0.25, 0.3) is 6.08 Å². The fourth-order valence-electron chi connectivity index (χ4n) is 1.91. The molecule has 2 aromatic rings. The van der Waals surface area contributed by atoms with Crippen LogP contribution in [-0.4, -0.2) is 18.4 Å². The lowest BCUT2D eigenvalue weighted by molar-refractivity contribution is -0.117. The summed E-state index contributed by atoms with van der Waals surface area (Å²) in [5, 5.41) is 5.38. The maximum Gasteiger partial charge on any atom is 0.267 e. The van der Waals surface area contributed by atoms with E-state index in [0.29, 0.717) is 12.1 Å². The SMILES string of the molecule is CCNC(=O)C(=Cc1ccccc1)NC(=O)c1ccccc1. The molecule has 112 valence electrons. The maximum atomic E-state index is 12.2. The average Bonchev–Trinajstić information content (AvgIpc) is 2.56. The van der Waals surface area contributed by atoms with E-state index in [1.807, 2.05) is 43.3 Å². The average molecular weight is 294 g/mol. The second-order valence-corrected chi connectivity index (χ2v) is 4.65. The maximum absolute atomic E-state index is 12.2. The number of hydrogen-bond donors (Lipinski definition) is 2. The number of carbonyl (C=O) groups is 2. The highest BCUT2D eigenvalue weighted by Gasteiger charge is 2.13. The number of amides is 2. The summed E-state index contributed by atoms with van der Waals surface area (Å²) < 4.78 is 0. The monoisotopic (exact) mass is 294 g/mol. The molecule has 4 heteroatoms. The van der Waals surface area contributed by atoms with Crippen LogP contribution in [0.5, 0.6) is 0 Å². The van der Waals surface area contributed by atoms with Crippen molar-refractivity contribution in [3.8, 4) is 0 Å². The summed E-state index contributed by atoms with van der Waals surface area (Å²) in [6.45, 7) is 2.32. The van der Waals surface area contributed by atoms with Crippen molar-refractivity contribution in [3.63, 3.8) is 0 Å². The van der Waals surface area contributed by atoms with Gasteiger partial charge in [-0.25, -0.2) is 0 Å². The lowest BCUT2D eigenvalue weighted by Gasteiger charge is -2.10. The van der Waals surface area contributed by atoms with Gasteiger partial charge in [0.1, 0.15) is 5.70 Å². The molecule has 0 bridgehead atoms. The van der Waals surface area contributed by atoms with E-state index in [0.717, 1.165) is 5.56 Å². The van der Waals surface area contributed by atoms with Crippen molar-refractivity contribution in [1.29, 1.82) is 0 Å². The number of likely N-dealkylation sites (N-methyl/N-ethyl adjacent to an activating group) is 1. The molecule has 0 aromatic heterocycles. The largest absolute Gasteiger partial charge is 0.351 e. The van der Waals surface area contributed by atoms with Crippen LogP contribution in [-0.2, 0) is 4.79 Å². The molecule has 0 atom stereocenters. The lowest BCUT2D eigenvalue weighted by atomic mass is 10.1. The molecule has 0 aliphatic heterocycles. The van der Waals surface area contributed by atoms with Gasteiger partial charge in [-0.15, -0.1) is 0 Å². The van der Waals surface area contributed by atoms with E-state index in [-0.39, 0.29) is 17.5 Å². The molecule has 2 rings (SSSR count). The van der Waals surface area contributed by atoms with Crippen LogP contribution in [0, 0.1) is 0 Å². The van der Waals surface area contributed by atoms with Crippen LogP contribution in [0.15, 0.2) is 66.4 Å². The van der Waals surface area contributed by atoms with E-state index in [1.54, 1.807) is 30.3 Å². The van der Waals surface area contributed by atoms with Crippen LogP contribution in [0.2, 0.25) is 0 Å². The number of benzene rings is 2. The number of carbonyl (C=O) groups excluding carboxylic acids is 2. The lowest BCUT2D eigenvalue weighted by Crippen LogP contribution is -2.34. The van der Waals surface area contributed by atoms with Gasteiger partial charge in [0.2, 0.25) is 0 Å². The van der Waals surface area contributed by atoms with Crippen LogP contribution in [0.4, 0.5) is 0 Å². The molecule has 22 heavy (non-hydrogen) atoms. The Bertz CT molecular complexity index is 664. The van der Waals surface area contributed by atoms with Gasteiger partial charge < -0.3 is 10.6 Å². The Morgan fingerprint density at radius 3 is 2.14 bits per heavy atom. The van der Waals surface area contributed by atoms with E-state index in [1.165, 1.54) is 0 Å². The third kappa shape index (κ3) is 4.31. The molecule has 0 radical (unpaired) electrons. The molecule has 0 unspecified atom stereocenters. The van der Waals surface area contributed by atoms with Gasteiger partial charge in [-0.1, -0.05) is 48.5 Å². The molecule has 0 saturated heterocycles. The minimum Gasteiger partial charge on any atom is -0.351 e. The Morgan fingerprint density at radius 1 is 0.955 bits per heavy atom. The molecule has 0 heterocycles. The zero-order valence-corrected chi connectivity index (χ0v) is 12.4. The third-order valence-corrected chi connectivity index (χ3v) is 2.98. The third-order valence-electron chi connectivity index (χ3n) is 2.98. The molecule has 0 fully saturated rings. The predicted octanol–water partition coefficient (Wildman–Crippen LogP) is 2.59. The standard InChI is InChI=1S/C18H18N2O2/c1-2-19-18(22)16(13-14-9-5-3-6-10-14)20-17(21)15-11-7-4-8-12-15/h3-13H,2H2,1H3,(H,19,22)(H,20,21). The quantitative estimate of drug-likeness (QED) is 0.833. The normalized spacial score (nSPS) is 10.9. The van der Waals surface area contributed by atoms with Crippen molar-refractivity contribution in [2.24, 2.45) is 0 Å². The van der Waals surface area contributed by atoms with Gasteiger partial charge in [-0.2, -0.15) is 0 Å². The first-order valence-electron chi connectivity index (χ1n) is 7.12. The second-order valence-electron chi connectivity index (χ2n) is 4.65. The smallest absolute Gasteiger partial charge is 0.267 e. The Hall–Kier alpha value is -2.88. The Kier molecular flexibility index (Phi) is 5.49. The summed E-state index contributed by atoms with van der Waals surface area (Å²) in [6, 6.07) is 18.2. The molecular weight excluding hydrogens is 276 g/mol. The molecule has 0 aliphatic rings. The first-order chi connectivity index (χ1) is 10.7. The van der Waals surface area contributed by atoms with E-state index in [4.69, 9.17) is 0 Å². The Morgan fingerprint density at radius 2 is 1.55 bits per heavy atom. The number of rotatable bonds is 5. The van der Waals surface area contributed by atoms with Crippen molar-refractivity contribution >= 4 is 17.9 Å². The molecule has 4 nitrogen and oxygen atoms in total. The highest BCUT2D eigenvalue weighted by Crippen LogP contribution is 2.07. The topological polar surface area (TPSA) is 58.2 Å². The predicted molar refractivity (Wildman–Crippen MR) is 87.0 cm³/mol. The van der Waals surface area contributed by atoms with Crippen LogP contribution < -0.4 is 10.6 Å². The number of nitrogens with one attached hydrogen (secondary N) is 2. The first kappa shape index (κ1) is 15.5. The summed E-state index contributed by atoms with van der Waals surface area (Å²) >= 11 is 0. The van der Waals surface area contributed by atoms with Gasteiger partial charge in [-0.05, 0) is 30.7 Å². The van der Waals surface area contributed by atoms with E-state index in [9.17, 15) is 9.59 Å². The Balaban J connectivity index is 2.24. The molecule has 2 aromatic carbocycles. The molecule has 0 aliphatic carbocycles. The highest BCUT2D eigenvalue weighted by atomic mass is 16.2. The van der Waals surface area contributed by atoms with Gasteiger partial charge in [0.15, 0.2) is 0 Å². The van der Waals surface area contributed by atoms with Gasteiger partial charge in [0, 0.05) is 12.1 Å². The van der Waals surface area contributed by atoms with Crippen LogP contribution in [0.1, 0.15) is 22.8 Å². The minimum atomic E-state index is -0.311. The molecule has 2 N–H and O–H groups in total. The summed E-state index contributed by atoms with van der Waals surface area (Å²) in [4.78, 5) is 24.3. The van der Waals surface area contributed by atoms with Crippen molar-refractivity contribution in [2.45, 2.75) is 6.92 Å². The highest BCUT2D eigenvalue weighted by molar-refractivity contribution is 6.05. The molecule has 0 saturated carbocycles. The fraction of sp³-hybridized carbons (Fsp3) is 0.111. The van der Waals surface area contributed by atoms with Gasteiger partial charge >= 0.3 is 0 Å². The van der Waals surface area contributed by atoms with Crippen molar-refractivity contribution < 1.29 is 9.59 Å². The van der Waals surface area contributed by atoms with Crippen molar-refractivity contribution in [1.82, 2.24) is 10.6 Å². The van der Waals surface area contributed by atoms with E-state index < -0.39 is 0 Å². The van der Waals surface area contributed by atoms with E-state index in [2.05, 4.69) is 10.6 Å². The van der Waals surface area contributed by atoms with Gasteiger partial charge in [-0.3, -0.25) is 9.59 Å². The summed E-state index contributed by atoms with van der Waals surface area (Å²) in [6.07, 6.45) is 1.66. The summed E-state index contributed by atoms with van der Waals surface area (Å²) in [5.74, 6) is -0.621. The summed E-state index contributed by atoms with van der Waals surface area (Å²) in [7, 11) is 0. The molecule has 0 spiro atoms. The van der Waals surface area contributed by atoms with Crippen LogP contribution >= 0.6 is 0 Å².